The third kappa shape index (κ3) is 1.65. The molecule has 0 bridgehead atoms. The normalized spacial score (nSPS) is 21.9. The van der Waals surface area contributed by atoms with Gasteiger partial charge in [-0.3, -0.25) is 0 Å². The maximum absolute atomic E-state index is 3.29. The number of halogens is 1. The van der Waals surface area contributed by atoms with Gasteiger partial charge in [0.2, 0.25) is 0 Å². The van der Waals surface area contributed by atoms with Crippen LogP contribution in [0.2, 0.25) is 0 Å². The molecule has 0 aromatic carbocycles. The van der Waals surface area contributed by atoms with Crippen LogP contribution >= 0.6 is 27.7 Å². The van der Waals surface area contributed by atoms with Crippen LogP contribution in [0.25, 0.3) is 0 Å². The van der Waals surface area contributed by atoms with Crippen molar-refractivity contribution >= 4 is 27.7 Å². The highest BCUT2D eigenvalue weighted by Crippen LogP contribution is 2.28. The van der Waals surface area contributed by atoms with Gasteiger partial charge >= 0.3 is 0 Å². The summed E-state index contributed by atoms with van der Waals surface area (Å²) >= 11 is 5.33. The van der Waals surface area contributed by atoms with Crippen LogP contribution in [0, 0.1) is 11.2 Å². The van der Waals surface area contributed by atoms with Gasteiger partial charge in [-0.2, -0.15) is 11.8 Å². The first kappa shape index (κ1) is 5.96. The molecular weight excluding hydrogens is 172 g/mol. The van der Waals surface area contributed by atoms with E-state index >= 15 is 0 Å². The first-order valence-electron chi connectivity index (χ1n) is 2.43. The first-order valence-corrected chi connectivity index (χ1v) is 4.50. The van der Waals surface area contributed by atoms with Crippen LogP contribution in [-0.2, 0) is 0 Å². The van der Waals surface area contributed by atoms with Crippen molar-refractivity contribution in [1.29, 1.82) is 0 Å². The largest absolute Gasteiger partial charge is 0.161 e. The topological polar surface area (TPSA) is 0 Å². The van der Waals surface area contributed by atoms with Crippen molar-refractivity contribution in [1.82, 2.24) is 0 Å². The average molecular weight is 180 g/mol. The van der Waals surface area contributed by atoms with E-state index in [1.54, 1.807) is 0 Å². The highest BCUT2D eigenvalue weighted by molar-refractivity contribution is 9.10. The molecule has 1 aliphatic rings. The molecule has 0 spiro atoms. The first-order chi connectivity index (χ1) is 3.43. The molecule has 0 N–H and O–H groups in total. The van der Waals surface area contributed by atoms with Crippen molar-refractivity contribution < 1.29 is 0 Å². The van der Waals surface area contributed by atoms with Gasteiger partial charge in [-0.1, -0.05) is 15.9 Å². The molecule has 1 rings (SSSR count). The maximum atomic E-state index is 3.29. The molecule has 0 atom stereocenters. The average Bonchev–Trinajstić information content (AvgIpc) is 1.55. The zero-order valence-corrected chi connectivity index (χ0v) is 6.46. The van der Waals surface area contributed by atoms with Crippen molar-refractivity contribution in [3.63, 3.8) is 0 Å². The van der Waals surface area contributed by atoms with Gasteiger partial charge in [-0.15, -0.1) is 0 Å². The van der Waals surface area contributed by atoms with Gasteiger partial charge in [0.15, 0.2) is 0 Å². The molecule has 0 aliphatic carbocycles. The van der Waals surface area contributed by atoms with E-state index in [2.05, 4.69) is 21.3 Å². The molecule has 7 heavy (non-hydrogen) atoms. The van der Waals surface area contributed by atoms with Crippen molar-refractivity contribution in [2.45, 2.75) is 6.42 Å². The van der Waals surface area contributed by atoms with E-state index in [9.17, 15) is 0 Å². The Balaban J connectivity index is 1.93. The number of rotatable bonds is 2. The fraction of sp³-hybridized carbons (Fsp3) is 0.800. The number of hydrogen-bond acceptors (Lipinski definition) is 1. The van der Waals surface area contributed by atoms with Crippen LogP contribution < -0.4 is 0 Å². The summed E-state index contributed by atoms with van der Waals surface area (Å²) < 4.78 is 0. The zero-order valence-electron chi connectivity index (χ0n) is 4.06. The number of thioether (sulfide) groups is 1. The molecule has 1 aliphatic heterocycles. The molecule has 0 saturated carbocycles. The summed E-state index contributed by atoms with van der Waals surface area (Å²) in [5, 5.41) is 2.08. The molecule has 1 heterocycles. The minimum atomic E-state index is 0.990. The summed E-state index contributed by atoms with van der Waals surface area (Å²) in [6.45, 7) is 0. The lowest BCUT2D eigenvalue weighted by atomic mass is 10.1. The zero-order chi connectivity index (χ0) is 5.11. The van der Waals surface area contributed by atoms with Crippen LogP contribution in [0.3, 0.4) is 0 Å². The Morgan fingerprint density at radius 2 is 2.43 bits per heavy atom. The lowest BCUT2D eigenvalue weighted by Crippen LogP contribution is -2.16. The molecule has 1 fully saturated rings. The minimum absolute atomic E-state index is 0.990. The number of hydrogen-bond donors (Lipinski definition) is 0. The monoisotopic (exact) mass is 179 g/mol. The van der Waals surface area contributed by atoms with E-state index in [1.807, 2.05) is 11.8 Å². The Labute approximate surface area is 57.2 Å². The van der Waals surface area contributed by atoms with Crippen molar-refractivity contribution in [2.24, 2.45) is 5.92 Å². The minimum Gasteiger partial charge on any atom is -0.161 e. The van der Waals surface area contributed by atoms with E-state index in [0.717, 1.165) is 5.92 Å². The predicted molar refractivity (Wildman–Crippen MR) is 38.7 cm³/mol. The van der Waals surface area contributed by atoms with Gasteiger partial charge in [0.25, 0.3) is 0 Å². The summed E-state index contributed by atoms with van der Waals surface area (Å²) in [5.74, 6) is 3.74. The standard InChI is InChI=1S/C5H8BrS/c6-2-1-5-3-7-4-5/h2,5H,1,3-4H2. The fourth-order valence-electron chi connectivity index (χ4n) is 0.547. The van der Waals surface area contributed by atoms with Gasteiger partial charge < -0.3 is 0 Å². The van der Waals surface area contributed by atoms with Crippen LogP contribution in [0.4, 0.5) is 0 Å². The van der Waals surface area contributed by atoms with E-state index in [4.69, 9.17) is 0 Å². The molecule has 0 aromatic heterocycles. The van der Waals surface area contributed by atoms with E-state index in [-0.39, 0.29) is 0 Å². The fourth-order valence-corrected chi connectivity index (χ4v) is 1.92. The van der Waals surface area contributed by atoms with Crippen LogP contribution in [0.1, 0.15) is 6.42 Å². The summed E-state index contributed by atoms with van der Waals surface area (Å²) in [5.41, 5.74) is 0. The molecule has 41 valence electrons. The molecule has 0 nitrogen and oxygen atoms in total. The van der Waals surface area contributed by atoms with Crippen molar-refractivity contribution in [2.75, 3.05) is 11.5 Å². The SMILES string of the molecule is Br[CH]CC1CSC1. The summed E-state index contributed by atoms with van der Waals surface area (Å²) in [7, 11) is 0. The molecule has 0 unspecified atom stereocenters. The Bertz CT molecular complexity index is 52.0. The molecular formula is C5H8BrS. The summed E-state index contributed by atoms with van der Waals surface area (Å²) in [6.07, 6.45) is 1.26. The molecule has 1 saturated heterocycles. The van der Waals surface area contributed by atoms with Crippen LogP contribution in [-0.4, -0.2) is 11.5 Å². The van der Waals surface area contributed by atoms with Gasteiger partial charge in [-0.05, 0) is 23.8 Å². The predicted octanol–water partition coefficient (Wildman–Crippen LogP) is 2.30. The third-order valence-corrected chi connectivity index (χ3v) is 2.92. The smallest absolute Gasteiger partial charge is 0.0274 e. The Kier molecular flexibility index (Phi) is 2.53. The Morgan fingerprint density at radius 1 is 1.71 bits per heavy atom. The highest BCUT2D eigenvalue weighted by atomic mass is 79.9. The summed E-state index contributed by atoms with van der Waals surface area (Å²) in [4.78, 5) is 0. The van der Waals surface area contributed by atoms with Crippen LogP contribution in [0.15, 0.2) is 0 Å². The second-order valence-electron chi connectivity index (χ2n) is 1.79. The molecule has 0 aromatic rings. The second kappa shape index (κ2) is 2.98. The van der Waals surface area contributed by atoms with Gasteiger partial charge in [-0.25, -0.2) is 0 Å². The Morgan fingerprint density at radius 3 is 2.57 bits per heavy atom. The van der Waals surface area contributed by atoms with Gasteiger partial charge in [0.1, 0.15) is 0 Å². The lowest BCUT2D eigenvalue weighted by Gasteiger charge is -2.23. The van der Waals surface area contributed by atoms with E-state index in [0.29, 0.717) is 0 Å². The highest BCUT2D eigenvalue weighted by Gasteiger charge is 2.16. The second-order valence-corrected chi connectivity index (χ2v) is 3.52. The van der Waals surface area contributed by atoms with Crippen molar-refractivity contribution in [3.8, 4) is 0 Å². The van der Waals surface area contributed by atoms with Gasteiger partial charge in [0, 0.05) is 5.33 Å². The summed E-state index contributed by atoms with van der Waals surface area (Å²) in [6, 6.07) is 0. The maximum Gasteiger partial charge on any atom is 0.0274 e. The molecule has 0 amide bonds. The van der Waals surface area contributed by atoms with Gasteiger partial charge in [0.05, 0.1) is 0 Å². The third-order valence-electron chi connectivity index (χ3n) is 1.13. The molecule has 1 radical (unpaired) electrons. The van der Waals surface area contributed by atoms with Crippen LogP contribution in [0.5, 0.6) is 0 Å². The lowest BCUT2D eigenvalue weighted by molar-refractivity contribution is 0.647. The van der Waals surface area contributed by atoms with Crippen molar-refractivity contribution in [3.05, 3.63) is 5.33 Å². The quantitative estimate of drug-likeness (QED) is 0.628. The van der Waals surface area contributed by atoms with E-state index < -0.39 is 0 Å². The molecule has 2 heteroatoms. The Hall–Kier alpha value is 0.830. The van der Waals surface area contributed by atoms with E-state index in [1.165, 1.54) is 17.9 Å².